The van der Waals surface area contributed by atoms with Crippen LogP contribution in [0.3, 0.4) is 0 Å². The summed E-state index contributed by atoms with van der Waals surface area (Å²) in [5.41, 5.74) is 0.952. The van der Waals surface area contributed by atoms with Crippen LogP contribution in [-0.4, -0.2) is 25.9 Å². The molecular formula is C12H15NO3. The maximum atomic E-state index is 11.0. The molecule has 0 heterocycles. The van der Waals surface area contributed by atoms with Crippen molar-refractivity contribution in [2.75, 3.05) is 13.7 Å². The van der Waals surface area contributed by atoms with Gasteiger partial charge in [-0.2, -0.15) is 0 Å². The SMILES string of the molecule is COC(=O)[C@H](C)CO/N=C/c1ccccc1. The standard InChI is InChI=1S/C12H15NO3/c1-10(12(14)15-2)9-16-13-8-11-6-4-3-5-7-11/h3-8,10H,9H2,1-2H3/b13-8+/t10-/m1/s1. The van der Waals surface area contributed by atoms with Crippen LogP contribution in [-0.2, 0) is 14.4 Å². The van der Waals surface area contributed by atoms with E-state index >= 15 is 0 Å². The molecule has 0 saturated carbocycles. The Morgan fingerprint density at radius 2 is 2.12 bits per heavy atom. The lowest BCUT2D eigenvalue weighted by molar-refractivity contribution is -0.146. The van der Waals surface area contributed by atoms with Crippen LogP contribution in [0.25, 0.3) is 0 Å². The van der Waals surface area contributed by atoms with Crippen LogP contribution in [0.1, 0.15) is 12.5 Å². The summed E-state index contributed by atoms with van der Waals surface area (Å²) in [6.45, 7) is 1.94. The molecule has 0 N–H and O–H groups in total. The normalized spacial score (nSPS) is 12.4. The Balaban J connectivity index is 2.31. The molecule has 1 aromatic rings. The number of carbonyl (C=O) groups excluding carboxylic acids is 1. The van der Waals surface area contributed by atoms with Gasteiger partial charge >= 0.3 is 5.97 Å². The quantitative estimate of drug-likeness (QED) is 0.433. The number of esters is 1. The second-order valence-electron chi connectivity index (χ2n) is 3.37. The minimum Gasteiger partial charge on any atom is -0.469 e. The number of ether oxygens (including phenoxy) is 1. The second-order valence-corrected chi connectivity index (χ2v) is 3.37. The molecule has 1 rings (SSSR count). The van der Waals surface area contributed by atoms with Crippen molar-refractivity contribution >= 4 is 12.2 Å². The van der Waals surface area contributed by atoms with Gasteiger partial charge in [-0.15, -0.1) is 0 Å². The average molecular weight is 221 g/mol. The zero-order chi connectivity index (χ0) is 11.8. The number of methoxy groups -OCH3 is 1. The maximum absolute atomic E-state index is 11.0. The van der Waals surface area contributed by atoms with Crippen LogP contribution in [0.4, 0.5) is 0 Å². The van der Waals surface area contributed by atoms with Gasteiger partial charge in [-0.05, 0) is 12.5 Å². The van der Waals surface area contributed by atoms with Crippen molar-refractivity contribution in [1.29, 1.82) is 0 Å². The molecule has 0 bridgehead atoms. The molecule has 0 radical (unpaired) electrons. The molecule has 0 aliphatic rings. The van der Waals surface area contributed by atoms with E-state index in [0.29, 0.717) is 0 Å². The molecule has 0 spiro atoms. The summed E-state index contributed by atoms with van der Waals surface area (Å²) in [7, 11) is 1.35. The molecule has 0 fully saturated rings. The molecule has 4 nitrogen and oxygen atoms in total. The molecule has 86 valence electrons. The first-order chi connectivity index (χ1) is 7.74. The third kappa shape index (κ3) is 4.13. The topological polar surface area (TPSA) is 47.9 Å². The van der Waals surface area contributed by atoms with E-state index in [1.165, 1.54) is 7.11 Å². The van der Waals surface area contributed by atoms with Crippen LogP contribution in [0.2, 0.25) is 0 Å². The van der Waals surface area contributed by atoms with Gasteiger partial charge in [0.15, 0.2) is 0 Å². The van der Waals surface area contributed by atoms with Gasteiger partial charge in [-0.3, -0.25) is 4.79 Å². The van der Waals surface area contributed by atoms with Gasteiger partial charge in [0.2, 0.25) is 0 Å². The first-order valence-electron chi connectivity index (χ1n) is 5.02. The first kappa shape index (κ1) is 12.2. The van der Waals surface area contributed by atoms with Gasteiger partial charge in [-0.25, -0.2) is 0 Å². The van der Waals surface area contributed by atoms with Crippen molar-refractivity contribution in [2.45, 2.75) is 6.92 Å². The molecule has 16 heavy (non-hydrogen) atoms. The number of rotatable bonds is 5. The van der Waals surface area contributed by atoms with Crippen LogP contribution in [0.5, 0.6) is 0 Å². The Morgan fingerprint density at radius 3 is 2.75 bits per heavy atom. The predicted octanol–water partition coefficient (Wildman–Crippen LogP) is 1.85. The molecule has 0 unspecified atom stereocenters. The van der Waals surface area contributed by atoms with E-state index in [0.717, 1.165) is 5.56 Å². The van der Waals surface area contributed by atoms with Crippen LogP contribution in [0.15, 0.2) is 35.5 Å². The summed E-state index contributed by atoms with van der Waals surface area (Å²) < 4.78 is 4.56. The van der Waals surface area contributed by atoms with Crippen molar-refractivity contribution < 1.29 is 14.4 Å². The first-order valence-corrected chi connectivity index (χ1v) is 5.02. The predicted molar refractivity (Wildman–Crippen MR) is 61.2 cm³/mol. The van der Waals surface area contributed by atoms with Gasteiger partial charge in [0.1, 0.15) is 6.61 Å². The maximum Gasteiger partial charge on any atom is 0.311 e. The summed E-state index contributed by atoms with van der Waals surface area (Å²) in [6.07, 6.45) is 1.60. The Hall–Kier alpha value is -1.84. The summed E-state index contributed by atoms with van der Waals surface area (Å²) >= 11 is 0. The van der Waals surface area contributed by atoms with Crippen LogP contribution >= 0.6 is 0 Å². The Kier molecular flexibility index (Phi) is 5.05. The Labute approximate surface area is 94.9 Å². The van der Waals surface area contributed by atoms with Crippen molar-refractivity contribution in [2.24, 2.45) is 11.1 Å². The molecule has 0 saturated heterocycles. The Morgan fingerprint density at radius 1 is 1.44 bits per heavy atom. The van der Waals surface area contributed by atoms with Crippen LogP contribution in [0, 0.1) is 5.92 Å². The highest BCUT2D eigenvalue weighted by molar-refractivity contribution is 5.78. The van der Waals surface area contributed by atoms with Gasteiger partial charge in [0, 0.05) is 0 Å². The van der Waals surface area contributed by atoms with Gasteiger partial charge in [0.05, 0.1) is 19.2 Å². The number of hydrogen-bond donors (Lipinski definition) is 0. The van der Waals surface area contributed by atoms with E-state index in [9.17, 15) is 4.79 Å². The third-order valence-corrected chi connectivity index (χ3v) is 2.00. The van der Waals surface area contributed by atoms with Crippen molar-refractivity contribution in [3.05, 3.63) is 35.9 Å². The number of hydrogen-bond acceptors (Lipinski definition) is 4. The van der Waals surface area contributed by atoms with E-state index in [2.05, 4.69) is 9.89 Å². The molecule has 1 atom stereocenters. The summed E-state index contributed by atoms with van der Waals surface area (Å²) in [4.78, 5) is 16.0. The van der Waals surface area contributed by atoms with E-state index in [-0.39, 0.29) is 18.5 Å². The highest BCUT2D eigenvalue weighted by atomic mass is 16.6. The number of benzene rings is 1. The van der Waals surface area contributed by atoms with Gasteiger partial charge < -0.3 is 9.57 Å². The lowest BCUT2D eigenvalue weighted by atomic mass is 10.2. The highest BCUT2D eigenvalue weighted by Crippen LogP contribution is 1.99. The Bertz CT molecular complexity index is 349. The molecule has 0 aliphatic heterocycles. The summed E-state index contributed by atoms with van der Waals surface area (Å²) in [5, 5.41) is 3.77. The summed E-state index contributed by atoms with van der Waals surface area (Å²) in [6, 6.07) is 9.58. The van der Waals surface area contributed by atoms with E-state index in [4.69, 9.17) is 4.84 Å². The van der Waals surface area contributed by atoms with Gasteiger partial charge in [-0.1, -0.05) is 35.5 Å². The van der Waals surface area contributed by atoms with Crippen molar-refractivity contribution in [3.63, 3.8) is 0 Å². The fourth-order valence-corrected chi connectivity index (χ4v) is 1.06. The fraction of sp³-hybridized carbons (Fsp3) is 0.333. The number of carbonyl (C=O) groups is 1. The molecular weight excluding hydrogens is 206 g/mol. The zero-order valence-corrected chi connectivity index (χ0v) is 9.42. The molecule has 0 aromatic heterocycles. The molecule has 0 aliphatic carbocycles. The monoisotopic (exact) mass is 221 g/mol. The zero-order valence-electron chi connectivity index (χ0n) is 9.42. The van der Waals surface area contributed by atoms with Gasteiger partial charge in [0.25, 0.3) is 0 Å². The lowest BCUT2D eigenvalue weighted by Crippen LogP contribution is -2.17. The van der Waals surface area contributed by atoms with E-state index < -0.39 is 0 Å². The molecule has 0 amide bonds. The fourth-order valence-electron chi connectivity index (χ4n) is 1.06. The number of nitrogens with zero attached hydrogens (tertiary/aromatic N) is 1. The average Bonchev–Trinajstić information content (AvgIpc) is 2.34. The van der Waals surface area contributed by atoms with E-state index in [1.54, 1.807) is 13.1 Å². The third-order valence-electron chi connectivity index (χ3n) is 2.00. The lowest BCUT2D eigenvalue weighted by Gasteiger charge is -2.06. The van der Waals surface area contributed by atoms with Crippen molar-refractivity contribution in [3.8, 4) is 0 Å². The smallest absolute Gasteiger partial charge is 0.311 e. The van der Waals surface area contributed by atoms with Crippen molar-refractivity contribution in [1.82, 2.24) is 0 Å². The van der Waals surface area contributed by atoms with Crippen LogP contribution < -0.4 is 0 Å². The second kappa shape index (κ2) is 6.61. The molecule has 4 heteroatoms. The largest absolute Gasteiger partial charge is 0.469 e. The molecule has 1 aromatic carbocycles. The highest BCUT2D eigenvalue weighted by Gasteiger charge is 2.12. The minimum absolute atomic E-state index is 0.218. The minimum atomic E-state index is -0.307. The van der Waals surface area contributed by atoms with E-state index in [1.807, 2.05) is 30.3 Å². The summed E-state index contributed by atoms with van der Waals surface area (Å²) in [5.74, 6) is -0.604. The number of oxime groups is 1.